The summed E-state index contributed by atoms with van der Waals surface area (Å²) in [6.45, 7) is 3.98. The van der Waals surface area contributed by atoms with E-state index in [0.717, 1.165) is 6.07 Å². The molecule has 2 aromatic rings. The van der Waals surface area contributed by atoms with Crippen LogP contribution in [-0.2, 0) is 11.3 Å². The van der Waals surface area contributed by atoms with Crippen LogP contribution in [0.4, 0.5) is 14.5 Å². The molecule has 1 aromatic heterocycles. The number of nitrogen functional groups attached to an aromatic ring is 1. The maximum absolute atomic E-state index is 13.7. The lowest BCUT2D eigenvalue weighted by molar-refractivity contribution is 0.0524. The Morgan fingerprint density at radius 1 is 1.36 bits per heavy atom. The molecule has 0 atom stereocenters. The Labute approximate surface area is 125 Å². The van der Waals surface area contributed by atoms with E-state index in [2.05, 4.69) is 0 Å². The molecule has 0 amide bonds. The number of nitrogens with zero attached hydrogens (tertiary/aromatic N) is 1. The Morgan fingerprint density at radius 2 is 2.05 bits per heavy atom. The van der Waals surface area contributed by atoms with Crippen molar-refractivity contribution in [2.24, 2.45) is 0 Å². The van der Waals surface area contributed by atoms with Crippen molar-refractivity contribution in [3.8, 4) is 0 Å². The van der Waals surface area contributed by atoms with Gasteiger partial charge < -0.3 is 15.0 Å². The second-order valence-electron chi connectivity index (χ2n) is 4.77. The Kier molecular flexibility index (Phi) is 4.44. The number of aromatic nitrogens is 1. The standard InChI is InChI=1S/C15H16F2N2O3/c1-3-5-19-7-8(15(21)22-4-2)14(20)11-10(19)6-9(16)12(17)13(11)18/h6-7H,3-5,18H2,1-2H3. The van der Waals surface area contributed by atoms with Gasteiger partial charge in [0.25, 0.3) is 0 Å². The number of benzene rings is 1. The van der Waals surface area contributed by atoms with Gasteiger partial charge in [-0.25, -0.2) is 13.6 Å². The van der Waals surface area contributed by atoms with E-state index in [1.54, 1.807) is 6.92 Å². The molecule has 0 aliphatic carbocycles. The number of halogens is 2. The third-order valence-corrected chi connectivity index (χ3v) is 3.26. The van der Waals surface area contributed by atoms with Crippen molar-refractivity contribution in [1.82, 2.24) is 4.57 Å². The second-order valence-corrected chi connectivity index (χ2v) is 4.77. The van der Waals surface area contributed by atoms with E-state index in [1.165, 1.54) is 10.8 Å². The van der Waals surface area contributed by atoms with E-state index >= 15 is 0 Å². The Hall–Kier alpha value is -2.44. The molecule has 2 rings (SSSR count). The number of rotatable bonds is 4. The van der Waals surface area contributed by atoms with Crippen LogP contribution in [0.3, 0.4) is 0 Å². The molecule has 0 fully saturated rings. The summed E-state index contributed by atoms with van der Waals surface area (Å²) in [6, 6.07) is 0.910. The summed E-state index contributed by atoms with van der Waals surface area (Å²) in [4.78, 5) is 24.3. The van der Waals surface area contributed by atoms with Crippen LogP contribution in [0.25, 0.3) is 10.9 Å². The van der Waals surface area contributed by atoms with Crippen LogP contribution in [-0.4, -0.2) is 17.1 Å². The summed E-state index contributed by atoms with van der Waals surface area (Å²) in [7, 11) is 0. The number of anilines is 1. The van der Waals surface area contributed by atoms with Crippen molar-refractivity contribution in [2.75, 3.05) is 12.3 Å². The zero-order valence-corrected chi connectivity index (χ0v) is 12.3. The van der Waals surface area contributed by atoms with E-state index in [9.17, 15) is 18.4 Å². The van der Waals surface area contributed by atoms with Crippen LogP contribution in [0.5, 0.6) is 0 Å². The number of hydrogen-bond acceptors (Lipinski definition) is 4. The molecule has 118 valence electrons. The van der Waals surface area contributed by atoms with Gasteiger partial charge in [-0.15, -0.1) is 0 Å². The summed E-state index contributed by atoms with van der Waals surface area (Å²) in [5.74, 6) is -3.25. The van der Waals surface area contributed by atoms with Gasteiger partial charge in [-0.05, 0) is 13.3 Å². The van der Waals surface area contributed by atoms with Crippen LogP contribution in [0.15, 0.2) is 17.1 Å². The molecular formula is C15H16F2N2O3. The second kappa shape index (κ2) is 6.13. The fourth-order valence-electron chi connectivity index (χ4n) is 2.30. The molecule has 0 radical (unpaired) electrons. The molecule has 1 aromatic carbocycles. The van der Waals surface area contributed by atoms with Crippen molar-refractivity contribution in [3.05, 3.63) is 39.7 Å². The lowest BCUT2D eigenvalue weighted by Gasteiger charge is -2.14. The number of fused-ring (bicyclic) bond motifs is 1. The predicted molar refractivity (Wildman–Crippen MR) is 78.8 cm³/mol. The Bertz CT molecular complexity index is 800. The third-order valence-electron chi connectivity index (χ3n) is 3.26. The number of nitrogens with two attached hydrogens (primary N) is 1. The SMILES string of the molecule is CCCn1cc(C(=O)OCC)c(=O)c2c(N)c(F)c(F)cc21. The molecule has 0 saturated carbocycles. The maximum atomic E-state index is 13.7. The monoisotopic (exact) mass is 310 g/mol. The minimum Gasteiger partial charge on any atom is -0.462 e. The number of pyridine rings is 1. The number of esters is 1. The number of hydrogen-bond donors (Lipinski definition) is 1. The van der Waals surface area contributed by atoms with E-state index in [4.69, 9.17) is 10.5 Å². The summed E-state index contributed by atoms with van der Waals surface area (Å²) in [5.41, 5.74) is 4.08. The fraction of sp³-hybridized carbons (Fsp3) is 0.333. The van der Waals surface area contributed by atoms with E-state index < -0.39 is 28.7 Å². The average molecular weight is 310 g/mol. The lowest BCUT2D eigenvalue weighted by atomic mass is 10.1. The largest absolute Gasteiger partial charge is 0.462 e. The van der Waals surface area contributed by atoms with E-state index in [1.807, 2.05) is 6.92 Å². The third kappa shape index (κ3) is 2.54. The number of carbonyl (C=O) groups is 1. The molecule has 1 heterocycles. The molecule has 0 aliphatic rings. The quantitative estimate of drug-likeness (QED) is 0.695. The van der Waals surface area contributed by atoms with Crippen molar-refractivity contribution >= 4 is 22.6 Å². The van der Waals surface area contributed by atoms with E-state index in [-0.39, 0.29) is 23.1 Å². The first kappa shape index (κ1) is 15.9. The predicted octanol–water partition coefficient (Wildman–Crippen LogP) is 2.45. The van der Waals surface area contributed by atoms with Crippen LogP contribution < -0.4 is 11.2 Å². The first-order valence-electron chi connectivity index (χ1n) is 6.90. The summed E-state index contributed by atoms with van der Waals surface area (Å²) in [6.07, 6.45) is 1.96. The number of ether oxygens (including phenoxy) is 1. The highest BCUT2D eigenvalue weighted by Gasteiger charge is 2.21. The normalized spacial score (nSPS) is 10.9. The number of aryl methyl sites for hydroxylation is 1. The van der Waals surface area contributed by atoms with Crippen LogP contribution in [0.2, 0.25) is 0 Å². The molecule has 0 unspecified atom stereocenters. The minimum atomic E-state index is -1.30. The van der Waals surface area contributed by atoms with Crippen LogP contribution in [0.1, 0.15) is 30.6 Å². The first-order valence-corrected chi connectivity index (χ1v) is 6.90. The van der Waals surface area contributed by atoms with Gasteiger partial charge in [-0.2, -0.15) is 0 Å². The van der Waals surface area contributed by atoms with Gasteiger partial charge in [0.2, 0.25) is 5.43 Å². The maximum Gasteiger partial charge on any atom is 0.343 e. The highest BCUT2D eigenvalue weighted by atomic mass is 19.2. The van der Waals surface area contributed by atoms with E-state index in [0.29, 0.717) is 13.0 Å². The topological polar surface area (TPSA) is 74.3 Å². The van der Waals surface area contributed by atoms with Crippen molar-refractivity contribution in [1.29, 1.82) is 0 Å². The van der Waals surface area contributed by atoms with Gasteiger partial charge in [0, 0.05) is 18.8 Å². The van der Waals surface area contributed by atoms with Gasteiger partial charge in [0.15, 0.2) is 11.6 Å². The summed E-state index contributed by atoms with van der Waals surface area (Å²) >= 11 is 0. The first-order chi connectivity index (χ1) is 10.4. The molecule has 7 heteroatoms. The van der Waals surface area contributed by atoms with Crippen molar-refractivity contribution in [2.45, 2.75) is 26.8 Å². The highest BCUT2D eigenvalue weighted by molar-refractivity contribution is 5.98. The zero-order chi connectivity index (χ0) is 16.4. The van der Waals surface area contributed by atoms with Gasteiger partial charge in [0.05, 0.1) is 23.2 Å². The fourth-order valence-corrected chi connectivity index (χ4v) is 2.30. The van der Waals surface area contributed by atoms with Gasteiger partial charge >= 0.3 is 5.97 Å². The highest BCUT2D eigenvalue weighted by Crippen LogP contribution is 2.25. The summed E-state index contributed by atoms with van der Waals surface area (Å²) < 4.78 is 33.6. The molecule has 0 bridgehead atoms. The molecule has 0 saturated heterocycles. The van der Waals surface area contributed by atoms with Crippen molar-refractivity contribution in [3.63, 3.8) is 0 Å². The Balaban J connectivity index is 2.89. The van der Waals surface area contributed by atoms with Crippen LogP contribution >= 0.6 is 0 Å². The molecule has 0 spiro atoms. The molecule has 5 nitrogen and oxygen atoms in total. The lowest BCUT2D eigenvalue weighted by Crippen LogP contribution is -2.22. The molecule has 22 heavy (non-hydrogen) atoms. The van der Waals surface area contributed by atoms with Gasteiger partial charge in [-0.1, -0.05) is 6.92 Å². The number of carbonyl (C=O) groups excluding carboxylic acids is 1. The molecule has 2 N–H and O–H groups in total. The van der Waals surface area contributed by atoms with Gasteiger partial charge in [0.1, 0.15) is 5.56 Å². The Morgan fingerprint density at radius 3 is 2.64 bits per heavy atom. The smallest absolute Gasteiger partial charge is 0.343 e. The zero-order valence-electron chi connectivity index (χ0n) is 12.3. The van der Waals surface area contributed by atoms with Crippen LogP contribution in [0, 0.1) is 11.6 Å². The molecular weight excluding hydrogens is 294 g/mol. The molecule has 0 aliphatic heterocycles. The van der Waals surface area contributed by atoms with Gasteiger partial charge in [-0.3, -0.25) is 4.79 Å². The minimum absolute atomic E-state index is 0.0946. The van der Waals surface area contributed by atoms with Crippen molar-refractivity contribution < 1.29 is 18.3 Å². The summed E-state index contributed by atoms with van der Waals surface area (Å²) in [5, 5.41) is -0.210. The average Bonchev–Trinajstić information content (AvgIpc) is 2.47.